The largest absolute Gasteiger partial charge is 0.416 e. The number of carbonyl (C=O) groups is 2. The molecule has 10 nitrogen and oxygen atoms in total. The van der Waals surface area contributed by atoms with Crippen LogP contribution in [-0.2, 0) is 11.0 Å². The van der Waals surface area contributed by atoms with Gasteiger partial charge in [-0.25, -0.2) is 0 Å². The van der Waals surface area contributed by atoms with Crippen molar-refractivity contribution in [3.8, 4) is 11.3 Å². The van der Waals surface area contributed by atoms with Crippen molar-refractivity contribution in [3.05, 3.63) is 95.6 Å². The fourth-order valence-electron chi connectivity index (χ4n) is 3.96. The maximum absolute atomic E-state index is 13.0. The van der Waals surface area contributed by atoms with Gasteiger partial charge in [0.05, 0.1) is 11.3 Å². The van der Waals surface area contributed by atoms with E-state index in [-0.39, 0.29) is 22.6 Å². The number of aliphatic hydroxyl groups excluding tert-OH is 1. The number of aromatic nitrogens is 3. The number of halogens is 3. The molecule has 0 spiro atoms. The van der Waals surface area contributed by atoms with Crippen LogP contribution in [0.1, 0.15) is 15.9 Å². The molecule has 1 aliphatic carbocycles. The van der Waals surface area contributed by atoms with Crippen LogP contribution in [0.3, 0.4) is 0 Å². The number of hydrogen-bond acceptors (Lipinski definition) is 8. The minimum atomic E-state index is -4.54. The van der Waals surface area contributed by atoms with Crippen LogP contribution in [0.5, 0.6) is 0 Å². The fraction of sp³-hybridized carbons (Fsp3) is 0.0769. The van der Waals surface area contributed by atoms with Crippen LogP contribution >= 0.6 is 0 Å². The van der Waals surface area contributed by atoms with Gasteiger partial charge in [-0.2, -0.15) is 18.3 Å². The number of alkyl halides is 3. The first kappa shape index (κ1) is 25.5. The summed E-state index contributed by atoms with van der Waals surface area (Å²) in [6.45, 7) is 0. The molecule has 1 aliphatic rings. The molecule has 2 aromatic carbocycles. The molecule has 0 saturated heterocycles. The second-order valence-corrected chi connectivity index (χ2v) is 8.51. The first-order chi connectivity index (χ1) is 18.6. The standard InChI is InChI=1S/C26H20F3N7O3/c27-26(28,29)14-2-1-3-17(12-14)33-21-20(22(37)23(21)38)32-15-6-4-13(5-7-15)19-18(24(30)39)25(36-35-19)34-16-8-10-31-11-9-16/h1-12,23,32-33,38H,(H2,30,39)(H2,31,34,35,36). The van der Waals surface area contributed by atoms with Gasteiger partial charge in [0, 0.05) is 35.0 Å². The molecule has 1 amide bonds. The summed E-state index contributed by atoms with van der Waals surface area (Å²) in [6.07, 6.45) is -2.88. The number of hydrogen-bond donors (Lipinski definition) is 6. The van der Waals surface area contributed by atoms with Gasteiger partial charge < -0.3 is 26.8 Å². The highest BCUT2D eigenvalue weighted by molar-refractivity contribution is 6.11. The molecule has 2 aromatic heterocycles. The van der Waals surface area contributed by atoms with Crippen LogP contribution < -0.4 is 21.7 Å². The van der Waals surface area contributed by atoms with E-state index in [1.807, 2.05) is 0 Å². The van der Waals surface area contributed by atoms with Gasteiger partial charge in [0.1, 0.15) is 22.8 Å². The molecule has 0 saturated carbocycles. The summed E-state index contributed by atoms with van der Waals surface area (Å²) in [4.78, 5) is 28.4. The Labute approximate surface area is 218 Å². The van der Waals surface area contributed by atoms with Gasteiger partial charge in [0.25, 0.3) is 5.91 Å². The summed E-state index contributed by atoms with van der Waals surface area (Å²) in [5.41, 5.74) is 6.95. The number of aromatic amines is 1. The van der Waals surface area contributed by atoms with Crippen molar-refractivity contribution in [1.82, 2.24) is 15.2 Å². The van der Waals surface area contributed by atoms with E-state index in [2.05, 4.69) is 31.1 Å². The van der Waals surface area contributed by atoms with E-state index in [9.17, 15) is 27.9 Å². The van der Waals surface area contributed by atoms with Crippen LogP contribution in [0, 0.1) is 0 Å². The van der Waals surface area contributed by atoms with Crippen LogP contribution in [0.4, 0.5) is 36.1 Å². The Morgan fingerprint density at radius 3 is 2.31 bits per heavy atom. The minimum Gasteiger partial charge on any atom is -0.378 e. The predicted molar refractivity (Wildman–Crippen MR) is 137 cm³/mol. The van der Waals surface area contributed by atoms with Gasteiger partial charge in [0.2, 0.25) is 5.78 Å². The molecule has 39 heavy (non-hydrogen) atoms. The molecule has 1 atom stereocenters. The zero-order chi connectivity index (χ0) is 27.7. The first-order valence-corrected chi connectivity index (χ1v) is 11.4. The fourth-order valence-corrected chi connectivity index (χ4v) is 3.96. The number of benzene rings is 2. The quantitative estimate of drug-likeness (QED) is 0.198. The molecule has 1 unspecified atom stereocenters. The molecular weight excluding hydrogens is 515 g/mol. The minimum absolute atomic E-state index is 0.00842. The summed E-state index contributed by atoms with van der Waals surface area (Å²) in [5, 5.41) is 25.7. The Bertz CT molecular complexity index is 1580. The monoisotopic (exact) mass is 535 g/mol. The number of nitrogens with one attached hydrogen (secondary N) is 4. The lowest BCUT2D eigenvalue weighted by atomic mass is 9.94. The molecule has 0 radical (unpaired) electrons. The average molecular weight is 535 g/mol. The molecule has 0 fully saturated rings. The highest BCUT2D eigenvalue weighted by Gasteiger charge is 2.39. The van der Waals surface area contributed by atoms with Crippen molar-refractivity contribution in [3.63, 3.8) is 0 Å². The summed E-state index contributed by atoms with van der Waals surface area (Å²) in [5.74, 6) is -1.03. The van der Waals surface area contributed by atoms with Crippen molar-refractivity contribution in [2.75, 3.05) is 16.0 Å². The van der Waals surface area contributed by atoms with Crippen LogP contribution in [0.2, 0.25) is 0 Å². The number of Topliss-reactive ketones (excluding diaryl/α,β-unsaturated/α-hetero) is 1. The van der Waals surface area contributed by atoms with Crippen LogP contribution in [-0.4, -0.2) is 38.1 Å². The van der Waals surface area contributed by atoms with Crippen LogP contribution in [0.25, 0.3) is 11.3 Å². The number of ketones is 1. The smallest absolute Gasteiger partial charge is 0.378 e. The lowest BCUT2D eigenvalue weighted by molar-refractivity contribution is -0.137. The number of pyridine rings is 1. The van der Waals surface area contributed by atoms with Gasteiger partial charge >= 0.3 is 6.18 Å². The molecule has 13 heteroatoms. The van der Waals surface area contributed by atoms with Gasteiger partial charge in [0.15, 0.2) is 6.10 Å². The van der Waals surface area contributed by atoms with E-state index in [1.54, 1.807) is 48.8 Å². The average Bonchev–Trinajstić information content (AvgIpc) is 3.35. The molecule has 198 valence electrons. The first-order valence-electron chi connectivity index (χ1n) is 11.4. The molecule has 0 bridgehead atoms. The number of carbonyl (C=O) groups excluding carboxylic acids is 2. The predicted octanol–water partition coefficient (Wildman–Crippen LogP) is 4.01. The third-order valence-corrected chi connectivity index (χ3v) is 5.90. The summed E-state index contributed by atoms with van der Waals surface area (Å²) in [6, 6.07) is 14.3. The van der Waals surface area contributed by atoms with Crippen LogP contribution in [0.15, 0.2) is 84.5 Å². The molecule has 0 aliphatic heterocycles. The normalized spacial score (nSPS) is 15.1. The number of nitrogens with zero attached hydrogens (tertiary/aromatic N) is 2. The van der Waals surface area contributed by atoms with E-state index >= 15 is 0 Å². The summed E-state index contributed by atoms with van der Waals surface area (Å²) in [7, 11) is 0. The molecular formula is C26H20F3N7O3. The molecule has 7 N–H and O–H groups in total. The van der Waals surface area contributed by atoms with E-state index < -0.39 is 29.5 Å². The number of amides is 1. The van der Waals surface area contributed by atoms with Gasteiger partial charge in [-0.1, -0.05) is 18.2 Å². The van der Waals surface area contributed by atoms with Crippen molar-refractivity contribution >= 4 is 34.6 Å². The van der Waals surface area contributed by atoms with E-state index in [0.29, 0.717) is 28.5 Å². The Hall–Kier alpha value is -5.17. The van der Waals surface area contributed by atoms with Gasteiger partial charge in [-0.05, 0) is 42.5 Å². The number of H-pyrrole nitrogens is 1. The second-order valence-electron chi connectivity index (χ2n) is 8.51. The highest BCUT2D eigenvalue weighted by Crippen LogP contribution is 2.34. The zero-order valence-electron chi connectivity index (χ0n) is 19.9. The SMILES string of the molecule is NC(=O)c1c(-c2ccc(NC3=C(Nc4cccc(C(F)(F)F)c4)C(O)C3=O)cc2)n[nH]c1Nc1ccncc1. The summed E-state index contributed by atoms with van der Waals surface area (Å²) < 4.78 is 39.1. The summed E-state index contributed by atoms with van der Waals surface area (Å²) >= 11 is 0. The van der Waals surface area contributed by atoms with Gasteiger partial charge in [-0.3, -0.25) is 19.7 Å². The second kappa shape index (κ2) is 9.95. The number of aliphatic hydroxyl groups is 1. The van der Waals surface area contributed by atoms with Crippen molar-refractivity contribution < 1.29 is 27.9 Å². The third-order valence-electron chi connectivity index (χ3n) is 5.90. The topological polar surface area (TPSA) is 158 Å². The highest BCUT2D eigenvalue weighted by atomic mass is 19.4. The Morgan fingerprint density at radius 1 is 0.949 bits per heavy atom. The lowest BCUT2D eigenvalue weighted by Crippen LogP contribution is -2.42. The van der Waals surface area contributed by atoms with Gasteiger partial charge in [-0.15, -0.1) is 0 Å². The lowest BCUT2D eigenvalue weighted by Gasteiger charge is -2.29. The Kier molecular flexibility index (Phi) is 6.50. The molecule has 2 heterocycles. The van der Waals surface area contributed by atoms with Crippen molar-refractivity contribution in [2.24, 2.45) is 5.73 Å². The van der Waals surface area contributed by atoms with E-state index in [1.165, 1.54) is 12.1 Å². The zero-order valence-corrected chi connectivity index (χ0v) is 19.9. The van der Waals surface area contributed by atoms with E-state index in [0.717, 1.165) is 12.1 Å². The third kappa shape index (κ3) is 5.15. The Morgan fingerprint density at radius 2 is 1.64 bits per heavy atom. The number of rotatable bonds is 8. The van der Waals surface area contributed by atoms with Crippen molar-refractivity contribution in [2.45, 2.75) is 12.3 Å². The molecule has 5 rings (SSSR count). The number of nitrogens with two attached hydrogens (primary N) is 1. The maximum atomic E-state index is 13.0. The van der Waals surface area contributed by atoms with E-state index in [4.69, 9.17) is 5.73 Å². The Balaban J connectivity index is 1.36. The number of anilines is 4. The maximum Gasteiger partial charge on any atom is 0.416 e. The van der Waals surface area contributed by atoms with Crippen molar-refractivity contribution in [1.29, 1.82) is 0 Å². The molecule has 4 aromatic rings. The number of primary amides is 1.